The zero-order chi connectivity index (χ0) is 12.3. The summed E-state index contributed by atoms with van der Waals surface area (Å²) in [6.45, 7) is 11.5. The molecule has 0 saturated carbocycles. The third-order valence-corrected chi connectivity index (χ3v) is 3.46. The number of rotatable bonds is 3. The summed E-state index contributed by atoms with van der Waals surface area (Å²) in [5, 5.41) is 0. The van der Waals surface area contributed by atoms with Crippen LogP contribution in [0.4, 0.5) is 0 Å². The van der Waals surface area contributed by atoms with E-state index in [1.165, 1.54) is 18.8 Å². The highest BCUT2D eigenvalue weighted by Crippen LogP contribution is 2.15. The first-order valence-corrected chi connectivity index (χ1v) is 6.71. The second kappa shape index (κ2) is 5.58. The highest BCUT2D eigenvalue weighted by Gasteiger charge is 2.16. The Morgan fingerprint density at radius 2 is 1.88 bits per heavy atom. The number of allylic oxidation sites excluding steroid dienone is 1. The first-order valence-electron chi connectivity index (χ1n) is 6.71. The molecule has 2 aliphatic heterocycles. The molecule has 96 valence electrons. The molecule has 1 fully saturated rings. The van der Waals surface area contributed by atoms with Crippen molar-refractivity contribution in [1.82, 2.24) is 14.7 Å². The van der Waals surface area contributed by atoms with Crippen LogP contribution in [0.25, 0.3) is 0 Å². The van der Waals surface area contributed by atoms with E-state index in [0.717, 1.165) is 32.1 Å². The second-order valence-electron chi connectivity index (χ2n) is 5.58. The molecule has 3 heteroatoms. The summed E-state index contributed by atoms with van der Waals surface area (Å²) in [6.07, 6.45) is 6.90. The number of nitrogens with zero attached hydrogens (tertiary/aromatic N) is 3. The van der Waals surface area contributed by atoms with Gasteiger partial charge in [-0.2, -0.15) is 0 Å². The Bertz CT molecular complexity index is 299. The molecule has 0 unspecified atom stereocenters. The van der Waals surface area contributed by atoms with E-state index in [1.54, 1.807) is 0 Å². The number of piperazine rings is 1. The van der Waals surface area contributed by atoms with Crippen molar-refractivity contribution in [2.45, 2.75) is 13.8 Å². The SMILES string of the molecule is CC(C)CN1C=CC(N2CCN(C)CC2)=CC1. The van der Waals surface area contributed by atoms with Crippen LogP contribution in [0.15, 0.2) is 24.0 Å². The van der Waals surface area contributed by atoms with Gasteiger partial charge in [-0.25, -0.2) is 0 Å². The molecule has 0 aromatic heterocycles. The molecule has 2 aliphatic rings. The minimum atomic E-state index is 0.734. The number of likely N-dealkylation sites (N-methyl/N-ethyl adjacent to an activating group) is 1. The van der Waals surface area contributed by atoms with Crippen LogP contribution in [-0.4, -0.2) is 61.0 Å². The lowest BCUT2D eigenvalue weighted by Gasteiger charge is -2.36. The van der Waals surface area contributed by atoms with Crippen molar-refractivity contribution in [1.29, 1.82) is 0 Å². The Morgan fingerprint density at radius 3 is 2.41 bits per heavy atom. The lowest BCUT2D eigenvalue weighted by atomic mass is 10.2. The molecular formula is C14H25N3. The first kappa shape index (κ1) is 12.5. The summed E-state index contributed by atoms with van der Waals surface area (Å²) in [5.41, 5.74) is 1.41. The van der Waals surface area contributed by atoms with Gasteiger partial charge in [-0.15, -0.1) is 0 Å². The first-order chi connectivity index (χ1) is 8.15. The van der Waals surface area contributed by atoms with Crippen molar-refractivity contribution in [3.63, 3.8) is 0 Å². The quantitative estimate of drug-likeness (QED) is 0.736. The van der Waals surface area contributed by atoms with Gasteiger partial charge in [0.15, 0.2) is 0 Å². The Kier molecular flexibility index (Phi) is 4.11. The predicted octanol–water partition coefficient (Wildman–Crippen LogP) is 1.60. The largest absolute Gasteiger partial charge is 0.373 e. The van der Waals surface area contributed by atoms with E-state index in [2.05, 4.69) is 53.9 Å². The summed E-state index contributed by atoms with van der Waals surface area (Å²) in [4.78, 5) is 7.29. The van der Waals surface area contributed by atoms with Crippen LogP contribution in [0.5, 0.6) is 0 Å². The lowest BCUT2D eigenvalue weighted by molar-refractivity contribution is 0.188. The van der Waals surface area contributed by atoms with Gasteiger partial charge in [0.1, 0.15) is 0 Å². The van der Waals surface area contributed by atoms with Gasteiger partial charge < -0.3 is 14.7 Å². The van der Waals surface area contributed by atoms with Crippen molar-refractivity contribution in [3.8, 4) is 0 Å². The van der Waals surface area contributed by atoms with Gasteiger partial charge in [0, 0.05) is 51.2 Å². The summed E-state index contributed by atoms with van der Waals surface area (Å²) in [6, 6.07) is 0. The summed E-state index contributed by atoms with van der Waals surface area (Å²) in [5.74, 6) is 0.734. The van der Waals surface area contributed by atoms with E-state index < -0.39 is 0 Å². The van der Waals surface area contributed by atoms with Crippen LogP contribution in [0.1, 0.15) is 13.8 Å². The molecule has 0 atom stereocenters. The standard InChI is InChI=1S/C14H25N3/c1-13(2)12-16-6-4-14(5-7-16)17-10-8-15(3)9-11-17/h4-6,13H,7-12H2,1-3H3. The monoisotopic (exact) mass is 235 g/mol. The van der Waals surface area contributed by atoms with Crippen LogP contribution < -0.4 is 0 Å². The molecule has 1 saturated heterocycles. The maximum Gasteiger partial charge on any atom is 0.0377 e. The summed E-state index contributed by atoms with van der Waals surface area (Å²) in [7, 11) is 2.20. The van der Waals surface area contributed by atoms with Gasteiger partial charge in [-0.1, -0.05) is 13.8 Å². The van der Waals surface area contributed by atoms with E-state index >= 15 is 0 Å². The zero-order valence-corrected chi connectivity index (χ0v) is 11.4. The molecule has 3 nitrogen and oxygen atoms in total. The molecule has 2 rings (SSSR count). The Morgan fingerprint density at radius 1 is 1.18 bits per heavy atom. The molecule has 17 heavy (non-hydrogen) atoms. The highest BCUT2D eigenvalue weighted by molar-refractivity contribution is 5.22. The predicted molar refractivity (Wildman–Crippen MR) is 72.7 cm³/mol. The molecule has 0 aliphatic carbocycles. The van der Waals surface area contributed by atoms with Crippen LogP contribution in [0.2, 0.25) is 0 Å². The van der Waals surface area contributed by atoms with E-state index in [1.807, 2.05) is 0 Å². The van der Waals surface area contributed by atoms with Gasteiger partial charge in [0.25, 0.3) is 0 Å². The van der Waals surface area contributed by atoms with Crippen molar-refractivity contribution < 1.29 is 0 Å². The van der Waals surface area contributed by atoms with E-state index in [-0.39, 0.29) is 0 Å². The lowest BCUT2D eigenvalue weighted by Crippen LogP contribution is -2.44. The minimum Gasteiger partial charge on any atom is -0.373 e. The molecule has 0 N–H and O–H groups in total. The van der Waals surface area contributed by atoms with Gasteiger partial charge in [-0.05, 0) is 25.1 Å². The van der Waals surface area contributed by atoms with Gasteiger partial charge >= 0.3 is 0 Å². The van der Waals surface area contributed by atoms with Crippen molar-refractivity contribution in [2.75, 3.05) is 46.3 Å². The van der Waals surface area contributed by atoms with Crippen LogP contribution >= 0.6 is 0 Å². The maximum absolute atomic E-state index is 2.50. The molecule has 0 amide bonds. The molecule has 0 aromatic rings. The van der Waals surface area contributed by atoms with E-state index in [9.17, 15) is 0 Å². The number of hydrogen-bond donors (Lipinski definition) is 0. The Labute approximate surface area is 105 Å². The normalized spacial score (nSPS) is 22.2. The van der Waals surface area contributed by atoms with E-state index in [4.69, 9.17) is 0 Å². The molecular weight excluding hydrogens is 210 g/mol. The highest BCUT2D eigenvalue weighted by atomic mass is 15.3. The van der Waals surface area contributed by atoms with Crippen LogP contribution in [-0.2, 0) is 0 Å². The average Bonchev–Trinajstić information content (AvgIpc) is 2.30. The maximum atomic E-state index is 2.50. The molecule has 0 aromatic carbocycles. The second-order valence-corrected chi connectivity index (χ2v) is 5.58. The molecule has 2 heterocycles. The fraction of sp³-hybridized carbons (Fsp3) is 0.714. The van der Waals surface area contributed by atoms with Crippen molar-refractivity contribution in [3.05, 3.63) is 24.0 Å². The van der Waals surface area contributed by atoms with Gasteiger partial charge in [0.2, 0.25) is 0 Å². The average molecular weight is 235 g/mol. The third kappa shape index (κ3) is 3.50. The smallest absolute Gasteiger partial charge is 0.0377 e. The number of hydrogen-bond acceptors (Lipinski definition) is 3. The fourth-order valence-electron chi connectivity index (χ4n) is 2.43. The fourth-order valence-corrected chi connectivity index (χ4v) is 2.43. The van der Waals surface area contributed by atoms with Crippen molar-refractivity contribution in [2.24, 2.45) is 5.92 Å². The zero-order valence-electron chi connectivity index (χ0n) is 11.4. The van der Waals surface area contributed by atoms with Crippen LogP contribution in [0, 0.1) is 5.92 Å². The Hall–Kier alpha value is -0.960. The minimum absolute atomic E-state index is 0.734. The topological polar surface area (TPSA) is 9.72 Å². The molecule has 0 radical (unpaired) electrons. The molecule has 0 bridgehead atoms. The van der Waals surface area contributed by atoms with Crippen LogP contribution in [0.3, 0.4) is 0 Å². The van der Waals surface area contributed by atoms with Gasteiger partial charge in [0.05, 0.1) is 0 Å². The van der Waals surface area contributed by atoms with Crippen molar-refractivity contribution >= 4 is 0 Å². The third-order valence-electron chi connectivity index (χ3n) is 3.46. The van der Waals surface area contributed by atoms with E-state index in [0.29, 0.717) is 0 Å². The Balaban J connectivity index is 1.84. The molecule has 0 spiro atoms. The summed E-state index contributed by atoms with van der Waals surface area (Å²) >= 11 is 0. The van der Waals surface area contributed by atoms with Gasteiger partial charge in [-0.3, -0.25) is 0 Å². The summed E-state index contributed by atoms with van der Waals surface area (Å²) < 4.78 is 0.